The Morgan fingerprint density at radius 3 is 2.62 bits per heavy atom. The van der Waals surface area contributed by atoms with Gasteiger partial charge in [0.15, 0.2) is 0 Å². The Bertz CT molecular complexity index is 919. The number of fused-ring (bicyclic) bond motifs is 1. The van der Waals surface area contributed by atoms with Crippen molar-refractivity contribution in [2.24, 2.45) is 5.92 Å². The lowest BCUT2D eigenvalue weighted by Crippen LogP contribution is -2.36. The standard InChI is InChI=1S/C24H27NO4/c1-3-28-24(27)20-14-16-9-4-5-12-18(16)21(20)25-23(26)19-13-6-8-15(2)22(19)29-17-10-7-11-17/h4-6,8-9,12-13,17,20-21H,3,7,10-11,14H2,1-2H3,(H,25,26). The van der Waals surface area contributed by atoms with E-state index in [1.807, 2.05) is 43.3 Å². The number of hydrogen-bond donors (Lipinski definition) is 1. The lowest BCUT2D eigenvalue weighted by molar-refractivity contribution is -0.148. The van der Waals surface area contributed by atoms with Crippen molar-refractivity contribution < 1.29 is 19.1 Å². The zero-order valence-corrected chi connectivity index (χ0v) is 16.9. The van der Waals surface area contributed by atoms with E-state index in [2.05, 4.69) is 5.32 Å². The summed E-state index contributed by atoms with van der Waals surface area (Å²) < 4.78 is 11.4. The molecule has 2 aromatic rings. The molecule has 0 aliphatic heterocycles. The van der Waals surface area contributed by atoms with Crippen LogP contribution in [0.3, 0.4) is 0 Å². The van der Waals surface area contributed by atoms with Crippen molar-refractivity contribution >= 4 is 11.9 Å². The fourth-order valence-electron chi connectivity index (χ4n) is 4.10. The monoisotopic (exact) mass is 393 g/mol. The summed E-state index contributed by atoms with van der Waals surface area (Å²) >= 11 is 0. The van der Waals surface area contributed by atoms with Gasteiger partial charge < -0.3 is 14.8 Å². The average Bonchev–Trinajstić information content (AvgIpc) is 3.04. The second kappa shape index (κ2) is 8.27. The smallest absolute Gasteiger partial charge is 0.311 e. The second-order valence-corrected chi connectivity index (χ2v) is 7.83. The van der Waals surface area contributed by atoms with Crippen molar-refractivity contribution in [3.63, 3.8) is 0 Å². The van der Waals surface area contributed by atoms with Crippen LogP contribution in [0.1, 0.15) is 59.3 Å². The Morgan fingerprint density at radius 2 is 1.90 bits per heavy atom. The Hall–Kier alpha value is -2.82. The highest BCUT2D eigenvalue weighted by molar-refractivity contribution is 5.98. The van der Waals surface area contributed by atoms with E-state index in [1.54, 1.807) is 13.0 Å². The molecule has 0 radical (unpaired) electrons. The molecule has 2 aliphatic rings. The van der Waals surface area contributed by atoms with Gasteiger partial charge in [-0.05, 0) is 62.3 Å². The van der Waals surface area contributed by atoms with Gasteiger partial charge in [0.25, 0.3) is 5.91 Å². The Balaban J connectivity index is 1.61. The lowest BCUT2D eigenvalue weighted by Gasteiger charge is -2.28. The summed E-state index contributed by atoms with van der Waals surface area (Å²) in [5.74, 6) is -0.269. The molecule has 0 aromatic heterocycles. The number of amides is 1. The molecule has 5 nitrogen and oxygen atoms in total. The van der Waals surface area contributed by atoms with Gasteiger partial charge in [0.2, 0.25) is 0 Å². The van der Waals surface area contributed by atoms with Crippen LogP contribution in [0.5, 0.6) is 5.75 Å². The van der Waals surface area contributed by atoms with Crippen LogP contribution >= 0.6 is 0 Å². The maximum atomic E-state index is 13.3. The summed E-state index contributed by atoms with van der Waals surface area (Å²) in [4.78, 5) is 25.8. The van der Waals surface area contributed by atoms with E-state index in [0.717, 1.165) is 36.0 Å². The first-order chi connectivity index (χ1) is 14.1. The third-order valence-corrected chi connectivity index (χ3v) is 5.90. The van der Waals surface area contributed by atoms with Crippen LogP contribution in [0, 0.1) is 12.8 Å². The molecule has 0 bridgehead atoms. The SMILES string of the molecule is CCOC(=O)C1Cc2ccccc2C1NC(=O)c1cccc(C)c1OC1CCC1. The maximum absolute atomic E-state index is 13.3. The first-order valence-electron chi connectivity index (χ1n) is 10.4. The zero-order valence-electron chi connectivity index (χ0n) is 16.9. The van der Waals surface area contributed by atoms with E-state index in [4.69, 9.17) is 9.47 Å². The third-order valence-electron chi connectivity index (χ3n) is 5.90. The Labute approximate surface area is 171 Å². The van der Waals surface area contributed by atoms with Crippen molar-refractivity contribution in [3.05, 3.63) is 64.7 Å². The van der Waals surface area contributed by atoms with E-state index < -0.39 is 12.0 Å². The van der Waals surface area contributed by atoms with Crippen LogP contribution < -0.4 is 10.1 Å². The van der Waals surface area contributed by atoms with E-state index in [1.165, 1.54) is 0 Å². The predicted molar refractivity (Wildman–Crippen MR) is 110 cm³/mol. The lowest BCUT2D eigenvalue weighted by atomic mass is 9.95. The number of carbonyl (C=O) groups excluding carboxylic acids is 2. The molecule has 0 saturated heterocycles. The van der Waals surface area contributed by atoms with Crippen LogP contribution in [0.2, 0.25) is 0 Å². The number of carbonyl (C=O) groups is 2. The number of hydrogen-bond acceptors (Lipinski definition) is 4. The van der Waals surface area contributed by atoms with Crippen LogP contribution in [-0.2, 0) is 16.0 Å². The molecule has 1 fully saturated rings. The molecule has 5 heteroatoms. The van der Waals surface area contributed by atoms with Gasteiger partial charge in [-0.2, -0.15) is 0 Å². The number of aryl methyl sites for hydroxylation is 1. The normalized spacial score (nSPS) is 20.5. The van der Waals surface area contributed by atoms with Crippen molar-refractivity contribution in [1.29, 1.82) is 0 Å². The fraction of sp³-hybridized carbons (Fsp3) is 0.417. The molecular formula is C24H27NO4. The number of esters is 1. The van der Waals surface area contributed by atoms with Crippen molar-refractivity contribution in [1.82, 2.24) is 5.32 Å². The highest BCUT2D eigenvalue weighted by Gasteiger charge is 2.39. The number of nitrogens with one attached hydrogen (secondary N) is 1. The molecule has 1 N–H and O–H groups in total. The highest BCUT2D eigenvalue weighted by Crippen LogP contribution is 2.38. The summed E-state index contributed by atoms with van der Waals surface area (Å²) in [6.07, 6.45) is 3.96. The molecule has 1 saturated carbocycles. The average molecular weight is 393 g/mol. The molecule has 2 atom stereocenters. The van der Waals surface area contributed by atoms with Gasteiger partial charge in [-0.3, -0.25) is 9.59 Å². The minimum atomic E-state index is -0.419. The maximum Gasteiger partial charge on any atom is 0.311 e. The highest BCUT2D eigenvalue weighted by atomic mass is 16.5. The van der Waals surface area contributed by atoms with Crippen molar-refractivity contribution in [2.75, 3.05) is 6.61 Å². The summed E-state index contributed by atoms with van der Waals surface area (Å²) in [6.45, 7) is 4.07. The van der Waals surface area contributed by atoms with Crippen LogP contribution in [0.15, 0.2) is 42.5 Å². The first-order valence-corrected chi connectivity index (χ1v) is 10.4. The largest absolute Gasteiger partial charge is 0.489 e. The second-order valence-electron chi connectivity index (χ2n) is 7.83. The molecule has 29 heavy (non-hydrogen) atoms. The van der Waals surface area contributed by atoms with Gasteiger partial charge >= 0.3 is 5.97 Å². The molecule has 2 unspecified atom stereocenters. The van der Waals surface area contributed by atoms with Crippen molar-refractivity contribution in [3.8, 4) is 5.75 Å². The van der Waals surface area contributed by atoms with E-state index in [-0.39, 0.29) is 18.0 Å². The molecular weight excluding hydrogens is 366 g/mol. The van der Waals surface area contributed by atoms with Gasteiger partial charge in [-0.25, -0.2) is 0 Å². The topological polar surface area (TPSA) is 64.6 Å². The minimum absolute atomic E-state index is 0.183. The number of para-hydroxylation sites is 1. The molecule has 0 spiro atoms. The molecule has 2 aliphatic carbocycles. The third kappa shape index (κ3) is 3.86. The van der Waals surface area contributed by atoms with Gasteiger partial charge in [-0.1, -0.05) is 36.4 Å². The zero-order chi connectivity index (χ0) is 20.4. The van der Waals surface area contributed by atoms with Gasteiger partial charge in [0, 0.05) is 0 Å². The summed E-state index contributed by atoms with van der Waals surface area (Å²) in [6, 6.07) is 13.1. The summed E-state index contributed by atoms with van der Waals surface area (Å²) in [7, 11) is 0. The van der Waals surface area contributed by atoms with Gasteiger partial charge in [0.05, 0.1) is 30.2 Å². The van der Waals surface area contributed by atoms with Crippen molar-refractivity contribution in [2.45, 2.75) is 51.7 Å². The number of ether oxygens (including phenoxy) is 2. The molecule has 1 amide bonds. The van der Waals surface area contributed by atoms with Gasteiger partial charge in [0.1, 0.15) is 5.75 Å². The molecule has 2 aromatic carbocycles. The first kappa shape index (κ1) is 19.5. The fourth-order valence-corrected chi connectivity index (χ4v) is 4.10. The predicted octanol–water partition coefficient (Wildman–Crippen LogP) is 4.13. The van der Waals surface area contributed by atoms with Crippen LogP contribution in [-0.4, -0.2) is 24.6 Å². The summed E-state index contributed by atoms with van der Waals surface area (Å²) in [5.41, 5.74) is 3.52. The molecule has 4 rings (SSSR count). The minimum Gasteiger partial charge on any atom is -0.489 e. The molecule has 152 valence electrons. The Morgan fingerprint density at radius 1 is 1.10 bits per heavy atom. The van der Waals surface area contributed by atoms with E-state index in [9.17, 15) is 9.59 Å². The number of rotatable bonds is 6. The quantitative estimate of drug-likeness (QED) is 0.750. The Kier molecular flexibility index (Phi) is 5.56. The van der Waals surface area contributed by atoms with E-state index in [0.29, 0.717) is 24.3 Å². The van der Waals surface area contributed by atoms with Crippen LogP contribution in [0.4, 0.5) is 0 Å². The summed E-state index contributed by atoms with van der Waals surface area (Å²) in [5, 5.41) is 3.10. The number of benzene rings is 2. The molecule has 0 heterocycles. The van der Waals surface area contributed by atoms with E-state index >= 15 is 0 Å². The van der Waals surface area contributed by atoms with Gasteiger partial charge in [-0.15, -0.1) is 0 Å². The van der Waals surface area contributed by atoms with Crippen LogP contribution in [0.25, 0.3) is 0 Å².